The molecule has 7 heteroatoms. The van der Waals surface area contributed by atoms with Crippen LogP contribution in [0.5, 0.6) is 0 Å². The van der Waals surface area contributed by atoms with Crippen LogP contribution in [0.25, 0.3) is 11.0 Å². The summed E-state index contributed by atoms with van der Waals surface area (Å²) in [5, 5.41) is 14.5. The van der Waals surface area contributed by atoms with E-state index in [0.717, 1.165) is 65.7 Å². The van der Waals surface area contributed by atoms with Gasteiger partial charge in [0.15, 0.2) is 0 Å². The van der Waals surface area contributed by atoms with Crippen LogP contribution >= 0.6 is 15.9 Å². The van der Waals surface area contributed by atoms with E-state index in [0.29, 0.717) is 5.92 Å². The molecule has 23 heavy (non-hydrogen) atoms. The zero-order chi connectivity index (χ0) is 16.0. The van der Waals surface area contributed by atoms with E-state index < -0.39 is 6.23 Å². The minimum Gasteiger partial charge on any atom is -0.374 e. The van der Waals surface area contributed by atoms with E-state index in [1.807, 2.05) is 12.4 Å². The van der Waals surface area contributed by atoms with E-state index in [9.17, 15) is 5.11 Å². The Balaban J connectivity index is 1.74. The molecule has 0 bridgehead atoms. The van der Waals surface area contributed by atoms with Gasteiger partial charge in [-0.05, 0) is 41.6 Å². The van der Waals surface area contributed by atoms with E-state index >= 15 is 0 Å². The molecule has 0 aromatic carbocycles. The monoisotopic (exact) mass is 379 g/mol. The molecule has 0 spiro atoms. The van der Waals surface area contributed by atoms with Gasteiger partial charge in [-0.15, -0.1) is 0 Å². The molecule has 2 fully saturated rings. The van der Waals surface area contributed by atoms with Crippen molar-refractivity contribution in [1.29, 1.82) is 0 Å². The average molecular weight is 380 g/mol. The number of H-pyrrole nitrogens is 1. The molecular weight excluding hydrogens is 358 g/mol. The van der Waals surface area contributed by atoms with Crippen molar-refractivity contribution in [2.45, 2.75) is 38.0 Å². The summed E-state index contributed by atoms with van der Waals surface area (Å²) in [5.41, 5.74) is 9.00. The highest BCUT2D eigenvalue weighted by atomic mass is 79.9. The number of aliphatic hydroxyl groups excluding tert-OH is 1. The highest BCUT2D eigenvalue weighted by Crippen LogP contribution is 2.40. The Hall–Kier alpha value is -1.31. The van der Waals surface area contributed by atoms with Crippen molar-refractivity contribution in [2.24, 2.45) is 11.7 Å². The Morgan fingerprint density at radius 1 is 1.43 bits per heavy atom. The molecule has 0 amide bonds. The number of pyridine rings is 1. The number of fused-ring (bicyclic) bond motifs is 1. The van der Waals surface area contributed by atoms with Crippen LogP contribution in [0, 0.1) is 5.92 Å². The number of piperidine rings is 1. The molecule has 4 rings (SSSR count). The summed E-state index contributed by atoms with van der Waals surface area (Å²) in [6.07, 6.45) is 7.57. The minimum absolute atomic E-state index is 0.200. The third-order valence-corrected chi connectivity index (χ3v) is 5.36. The molecule has 2 aromatic heterocycles. The van der Waals surface area contributed by atoms with Crippen molar-refractivity contribution in [2.75, 3.05) is 23.3 Å². The predicted molar refractivity (Wildman–Crippen MR) is 95.6 cm³/mol. The van der Waals surface area contributed by atoms with E-state index in [2.05, 4.69) is 36.1 Å². The number of anilines is 2. The van der Waals surface area contributed by atoms with Gasteiger partial charge in [-0.3, -0.25) is 0 Å². The van der Waals surface area contributed by atoms with Gasteiger partial charge in [-0.25, -0.2) is 4.98 Å². The summed E-state index contributed by atoms with van der Waals surface area (Å²) in [6.45, 7) is 1.83. The smallest absolute Gasteiger partial charge is 0.141 e. The van der Waals surface area contributed by atoms with E-state index in [4.69, 9.17) is 5.73 Å². The second kappa shape index (κ2) is 5.96. The van der Waals surface area contributed by atoms with Crippen molar-refractivity contribution in [3.8, 4) is 0 Å². The molecule has 124 valence electrons. The second-order valence-corrected chi connectivity index (χ2v) is 7.51. The molecule has 1 aliphatic carbocycles. The van der Waals surface area contributed by atoms with Crippen LogP contribution < -0.4 is 16.0 Å². The topological polar surface area (TPSA) is 90.2 Å². The van der Waals surface area contributed by atoms with Gasteiger partial charge in [0.25, 0.3) is 0 Å². The van der Waals surface area contributed by atoms with Crippen molar-refractivity contribution in [3.05, 3.63) is 16.9 Å². The lowest BCUT2D eigenvalue weighted by Crippen LogP contribution is -2.43. The number of aromatic nitrogens is 2. The standard InChI is InChI=1S/C16H22BrN5O/c17-11-6-19-15-13(14(11)22-5-1-2-10(18)8-22)12(7-20-15)21-16(23)9-3-4-9/h6-7,9-10,16,21,23H,1-5,8,18H2,(H,19,20)/t10-,16?/m1/s1. The summed E-state index contributed by atoms with van der Waals surface area (Å²) in [7, 11) is 0. The number of hydrogen-bond donors (Lipinski definition) is 4. The fourth-order valence-corrected chi connectivity index (χ4v) is 3.93. The van der Waals surface area contributed by atoms with Gasteiger partial charge in [0.05, 0.1) is 21.2 Å². The lowest BCUT2D eigenvalue weighted by atomic mass is 10.1. The summed E-state index contributed by atoms with van der Waals surface area (Å²) in [5.74, 6) is 0.368. The Morgan fingerprint density at radius 3 is 3.00 bits per heavy atom. The molecule has 1 aliphatic heterocycles. The maximum atomic E-state index is 10.2. The number of hydrogen-bond acceptors (Lipinski definition) is 5. The first-order valence-electron chi connectivity index (χ1n) is 8.24. The molecule has 2 aromatic rings. The Kier molecular flexibility index (Phi) is 3.95. The Labute approximate surface area is 143 Å². The van der Waals surface area contributed by atoms with Crippen LogP contribution in [-0.2, 0) is 0 Å². The van der Waals surface area contributed by atoms with Crippen molar-refractivity contribution in [3.63, 3.8) is 0 Å². The minimum atomic E-state index is -0.496. The van der Waals surface area contributed by atoms with Gasteiger partial charge in [0, 0.05) is 37.4 Å². The Bertz CT molecular complexity index is 714. The van der Waals surface area contributed by atoms with E-state index in [1.165, 1.54) is 0 Å². The highest BCUT2D eigenvalue weighted by Gasteiger charge is 2.31. The molecule has 6 nitrogen and oxygen atoms in total. The summed E-state index contributed by atoms with van der Waals surface area (Å²) in [6, 6.07) is 0.200. The zero-order valence-corrected chi connectivity index (χ0v) is 14.5. The predicted octanol–water partition coefficient (Wildman–Crippen LogP) is 2.39. The lowest BCUT2D eigenvalue weighted by molar-refractivity contribution is 0.180. The van der Waals surface area contributed by atoms with Crippen molar-refractivity contribution >= 4 is 38.3 Å². The van der Waals surface area contributed by atoms with Crippen LogP contribution in [0.15, 0.2) is 16.9 Å². The maximum Gasteiger partial charge on any atom is 0.141 e. The van der Waals surface area contributed by atoms with Gasteiger partial charge >= 0.3 is 0 Å². The molecule has 1 saturated heterocycles. The van der Waals surface area contributed by atoms with E-state index in [-0.39, 0.29) is 6.04 Å². The molecule has 0 radical (unpaired) electrons. The van der Waals surface area contributed by atoms with Crippen LogP contribution in [0.3, 0.4) is 0 Å². The summed E-state index contributed by atoms with van der Waals surface area (Å²) in [4.78, 5) is 9.99. The zero-order valence-electron chi connectivity index (χ0n) is 12.9. The van der Waals surface area contributed by atoms with Crippen molar-refractivity contribution in [1.82, 2.24) is 9.97 Å². The Morgan fingerprint density at radius 2 is 2.26 bits per heavy atom. The number of nitrogens with one attached hydrogen (secondary N) is 2. The van der Waals surface area contributed by atoms with Crippen LogP contribution in [0.2, 0.25) is 0 Å². The second-order valence-electron chi connectivity index (χ2n) is 6.66. The first-order chi connectivity index (χ1) is 11.1. The van der Waals surface area contributed by atoms with Gasteiger partial charge in [-0.2, -0.15) is 0 Å². The fraction of sp³-hybridized carbons (Fsp3) is 0.562. The molecule has 2 aliphatic rings. The highest BCUT2D eigenvalue weighted by molar-refractivity contribution is 9.10. The third-order valence-electron chi connectivity index (χ3n) is 4.78. The first kappa shape index (κ1) is 15.2. The average Bonchev–Trinajstić information content (AvgIpc) is 3.31. The summed E-state index contributed by atoms with van der Waals surface area (Å²) >= 11 is 3.65. The molecule has 3 heterocycles. The van der Waals surface area contributed by atoms with Gasteiger partial charge in [0.2, 0.25) is 0 Å². The van der Waals surface area contributed by atoms with Crippen LogP contribution in [0.1, 0.15) is 25.7 Å². The fourth-order valence-electron chi connectivity index (χ4n) is 3.38. The third kappa shape index (κ3) is 2.93. The molecule has 5 N–H and O–H groups in total. The molecule has 1 saturated carbocycles. The van der Waals surface area contributed by atoms with Gasteiger partial charge < -0.3 is 26.0 Å². The number of rotatable bonds is 4. The molecule has 1 unspecified atom stereocenters. The SMILES string of the molecule is N[C@@H]1CCCN(c2c(Br)cnc3[nH]cc(NC(O)C4CC4)c23)C1. The maximum absolute atomic E-state index is 10.2. The van der Waals surface area contributed by atoms with Crippen LogP contribution in [0.4, 0.5) is 11.4 Å². The lowest BCUT2D eigenvalue weighted by Gasteiger charge is -2.34. The van der Waals surface area contributed by atoms with Crippen molar-refractivity contribution < 1.29 is 5.11 Å². The normalized spacial score (nSPS) is 23.3. The number of nitrogens with zero attached hydrogens (tertiary/aromatic N) is 2. The number of aromatic amines is 1. The summed E-state index contributed by atoms with van der Waals surface area (Å²) < 4.78 is 0.961. The molecular formula is C16H22BrN5O. The first-order valence-corrected chi connectivity index (χ1v) is 9.03. The van der Waals surface area contributed by atoms with Crippen LogP contribution in [-0.4, -0.2) is 40.4 Å². The number of aliphatic hydroxyl groups is 1. The van der Waals surface area contributed by atoms with Gasteiger partial charge in [0.1, 0.15) is 11.9 Å². The molecule has 2 atom stereocenters. The van der Waals surface area contributed by atoms with E-state index in [1.54, 1.807) is 0 Å². The largest absolute Gasteiger partial charge is 0.374 e. The number of halogens is 1. The number of nitrogens with two attached hydrogens (primary N) is 1. The quantitative estimate of drug-likeness (QED) is 0.612. The van der Waals surface area contributed by atoms with Gasteiger partial charge in [-0.1, -0.05) is 0 Å².